The van der Waals surface area contributed by atoms with E-state index in [1.807, 2.05) is 12.1 Å². The third-order valence-electron chi connectivity index (χ3n) is 4.95. The van der Waals surface area contributed by atoms with Gasteiger partial charge in [-0.3, -0.25) is 0 Å². The minimum Gasteiger partial charge on any atom is -0.314 e. The second kappa shape index (κ2) is 7.49. The lowest BCUT2D eigenvalue weighted by Gasteiger charge is -2.15. The highest BCUT2D eigenvalue weighted by atomic mass is 31.2. The van der Waals surface area contributed by atoms with Crippen LogP contribution in [0.3, 0.4) is 0 Å². The smallest absolute Gasteiger partial charge is 0.144 e. The van der Waals surface area contributed by atoms with Gasteiger partial charge in [0.1, 0.15) is 7.14 Å². The van der Waals surface area contributed by atoms with E-state index in [1.165, 1.54) is 49.7 Å². The molecule has 0 aliphatic carbocycles. The lowest BCUT2D eigenvalue weighted by Crippen LogP contribution is -2.12. The number of fused-ring (bicyclic) bond motifs is 3. The molecule has 0 aromatic heterocycles. The summed E-state index contributed by atoms with van der Waals surface area (Å²) in [6.45, 7) is 2.25. The predicted octanol–water partition coefficient (Wildman–Crippen LogP) is 5.73. The van der Waals surface area contributed by atoms with E-state index in [0.29, 0.717) is 0 Å². The van der Waals surface area contributed by atoms with Crippen molar-refractivity contribution in [2.24, 2.45) is 0 Å². The summed E-state index contributed by atoms with van der Waals surface area (Å²) in [5.74, 6) is 0. The van der Waals surface area contributed by atoms with Crippen molar-refractivity contribution in [3.8, 4) is 11.1 Å². The van der Waals surface area contributed by atoms with Crippen molar-refractivity contribution < 1.29 is 4.57 Å². The molecule has 0 amide bonds. The Morgan fingerprint density at radius 3 is 1.74 bits per heavy atom. The second-order valence-corrected chi connectivity index (χ2v) is 9.51. The third kappa shape index (κ3) is 3.31. The quantitative estimate of drug-likeness (QED) is 0.447. The summed E-state index contributed by atoms with van der Waals surface area (Å²) in [6, 6.07) is 16.6. The summed E-state index contributed by atoms with van der Waals surface area (Å²) in [7, 11) is -2.41. The lowest BCUT2D eigenvalue weighted by molar-refractivity contribution is 0.577. The van der Waals surface area contributed by atoms with Crippen LogP contribution < -0.4 is 10.6 Å². The Hall–Kier alpha value is -1.33. The molecule has 0 saturated carbocycles. The van der Waals surface area contributed by atoms with E-state index in [1.54, 1.807) is 0 Å². The largest absolute Gasteiger partial charge is 0.314 e. The molecule has 2 aromatic rings. The van der Waals surface area contributed by atoms with E-state index < -0.39 is 7.14 Å². The van der Waals surface area contributed by atoms with Gasteiger partial charge in [-0.15, -0.1) is 0 Å². The van der Waals surface area contributed by atoms with Crippen LogP contribution in [0.2, 0.25) is 0 Å². The van der Waals surface area contributed by atoms with E-state index in [0.717, 1.165) is 23.2 Å². The molecule has 0 radical (unpaired) electrons. The van der Waals surface area contributed by atoms with E-state index in [-0.39, 0.29) is 0 Å². The first-order valence-electron chi connectivity index (χ1n) is 9.06. The summed E-state index contributed by atoms with van der Waals surface area (Å²) >= 11 is 0. The predicted molar refractivity (Wildman–Crippen MR) is 102 cm³/mol. The maximum Gasteiger partial charge on any atom is 0.144 e. The van der Waals surface area contributed by atoms with Crippen LogP contribution >= 0.6 is 7.14 Å². The van der Waals surface area contributed by atoms with Gasteiger partial charge in [-0.2, -0.15) is 0 Å². The molecule has 0 atom stereocenters. The summed E-state index contributed by atoms with van der Waals surface area (Å²) in [6.07, 6.45) is 9.70. The van der Waals surface area contributed by atoms with Crippen molar-refractivity contribution in [3.63, 3.8) is 0 Å². The summed E-state index contributed by atoms with van der Waals surface area (Å²) in [5.41, 5.74) is 2.38. The van der Waals surface area contributed by atoms with Crippen molar-refractivity contribution >= 4 is 17.8 Å². The Labute approximate surface area is 140 Å². The molecule has 1 heterocycles. The summed E-state index contributed by atoms with van der Waals surface area (Å²) < 4.78 is 13.8. The number of hydrogen-bond acceptors (Lipinski definition) is 1. The maximum absolute atomic E-state index is 13.8. The first-order valence-corrected chi connectivity index (χ1v) is 10.9. The molecule has 3 rings (SSSR count). The van der Waals surface area contributed by atoms with Crippen LogP contribution in [-0.2, 0) is 4.57 Å². The van der Waals surface area contributed by atoms with Gasteiger partial charge >= 0.3 is 0 Å². The van der Waals surface area contributed by atoms with Gasteiger partial charge in [0.25, 0.3) is 0 Å². The first kappa shape index (κ1) is 16.5. The molecule has 1 aliphatic rings. The fourth-order valence-corrected chi connectivity index (χ4v) is 6.93. The fraction of sp³-hybridized carbons (Fsp3) is 0.429. The van der Waals surface area contributed by atoms with Crippen LogP contribution in [0.4, 0.5) is 0 Å². The fourth-order valence-electron chi connectivity index (χ4n) is 3.69. The minimum absolute atomic E-state index is 0.828. The summed E-state index contributed by atoms with van der Waals surface area (Å²) in [5, 5.41) is 2.18. The van der Waals surface area contributed by atoms with Gasteiger partial charge in [-0.1, -0.05) is 94.0 Å². The number of unbranched alkanes of at least 4 members (excludes halogenated alkanes) is 6. The zero-order valence-corrected chi connectivity index (χ0v) is 15.0. The third-order valence-corrected chi connectivity index (χ3v) is 8.24. The van der Waals surface area contributed by atoms with Gasteiger partial charge in [-0.05, 0) is 17.5 Å². The zero-order chi connectivity index (χ0) is 16.1. The molecule has 0 unspecified atom stereocenters. The Kier molecular flexibility index (Phi) is 5.38. The molecule has 1 nitrogen and oxygen atoms in total. The van der Waals surface area contributed by atoms with Crippen LogP contribution in [0.5, 0.6) is 0 Å². The zero-order valence-electron chi connectivity index (χ0n) is 14.1. The van der Waals surface area contributed by atoms with Crippen molar-refractivity contribution in [2.75, 3.05) is 6.16 Å². The van der Waals surface area contributed by atoms with Crippen LogP contribution in [0, 0.1) is 0 Å². The molecule has 2 aromatic carbocycles. The molecule has 0 spiro atoms. The highest BCUT2D eigenvalue weighted by molar-refractivity contribution is 7.80. The Morgan fingerprint density at radius 1 is 0.696 bits per heavy atom. The molecule has 0 fully saturated rings. The second-order valence-electron chi connectivity index (χ2n) is 6.62. The van der Waals surface area contributed by atoms with Crippen LogP contribution in [0.1, 0.15) is 51.9 Å². The molecule has 2 heteroatoms. The van der Waals surface area contributed by atoms with Gasteiger partial charge in [0, 0.05) is 16.8 Å². The van der Waals surface area contributed by atoms with Gasteiger partial charge in [0.15, 0.2) is 0 Å². The van der Waals surface area contributed by atoms with E-state index >= 15 is 0 Å². The lowest BCUT2D eigenvalue weighted by atomic mass is 10.1. The molecule has 0 bridgehead atoms. The van der Waals surface area contributed by atoms with Crippen LogP contribution in [0.25, 0.3) is 11.1 Å². The average molecular weight is 326 g/mol. The SMILES string of the molecule is CCCCCCCCCP1(=O)c2ccccc2-c2ccccc21. The van der Waals surface area contributed by atoms with Gasteiger partial charge in [-0.25, -0.2) is 0 Å². The number of hydrogen-bond donors (Lipinski definition) is 0. The normalized spacial score (nSPS) is 14.5. The molecule has 0 saturated heterocycles. The Balaban J connectivity index is 1.70. The highest BCUT2D eigenvalue weighted by Gasteiger charge is 2.37. The number of benzene rings is 2. The maximum atomic E-state index is 13.8. The standard InChI is InChI=1S/C21H27OP/c1-2-3-4-5-6-7-12-17-23(22)20-15-10-8-13-18(20)19-14-9-11-16-21(19)23/h8-11,13-16H,2-7,12,17H2,1H3. The van der Waals surface area contributed by atoms with Crippen molar-refractivity contribution in [1.82, 2.24) is 0 Å². The van der Waals surface area contributed by atoms with Crippen molar-refractivity contribution in [1.29, 1.82) is 0 Å². The van der Waals surface area contributed by atoms with Crippen molar-refractivity contribution in [3.05, 3.63) is 48.5 Å². The number of rotatable bonds is 8. The van der Waals surface area contributed by atoms with Crippen molar-refractivity contribution in [2.45, 2.75) is 51.9 Å². The van der Waals surface area contributed by atoms with Crippen LogP contribution in [-0.4, -0.2) is 6.16 Å². The van der Waals surface area contributed by atoms with Gasteiger partial charge in [0.05, 0.1) is 0 Å². The molecular formula is C21H27OP. The molecule has 122 valence electrons. The summed E-state index contributed by atoms with van der Waals surface area (Å²) in [4.78, 5) is 0. The first-order chi connectivity index (χ1) is 11.3. The highest BCUT2D eigenvalue weighted by Crippen LogP contribution is 2.53. The molecule has 23 heavy (non-hydrogen) atoms. The topological polar surface area (TPSA) is 17.1 Å². The molecule has 1 aliphatic heterocycles. The molecule has 0 N–H and O–H groups in total. The van der Waals surface area contributed by atoms with E-state index in [2.05, 4.69) is 43.3 Å². The Morgan fingerprint density at radius 2 is 1.17 bits per heavy atom. The van der Waals surface area contributed by atoms with E-state index in [9.17, 15) is 4.57 Å². The van der Waals surface area contributed by atoms with Crippen LogP contribution in [0.15, 0.2) is 48.5 Å². The Bertz CT molecular complexity index is 655. The van der Waals surface area contributed by atoms with Gasteiger partial charge in [0.2, 0.25) is 0 Å². The minimum atomic E-state index is -2.41. The van der Waals surface area contributed by atoms with Gasteiger partial charge < -0.3 is 4.57 Å². The monoisotopic (exact) mass is 326 g/mol. The average Bonchev–Trinajstić information content (AvgIpc) is 2.85. The van der Waals surface area contributed by atoms with E-state index in [4.69, 9.17) is 0 Å². The molecular weight excluding hydrogens is 299 g/mol.